The Morgan fingerprint density at radius 2 is 2.12 bits per heavy atom. The zero-order valence-corrected chi connectivity index (χ0v) is 8.58. The van der Waals surface area contributed by atoms with E-state index < -0.39 is 24.6 Å². The lowest BCUT2D eigenvalue weighted by molar-refractivity contribution is -0.201. The molecule has 6 heteroatoms. The molecule has 0 saturated carbocycles. The maximum absolute atomic E-state index is 12.9. The smallest absolute Gasteiger partial charge is 0.421 e. The zero-order valence-electron chi connectivity index (χ0n) is 8.58. The summed E-state index contributed by atoms with van der Waals surface area (Å²) >= 11 is 0. The molecule has 1 rings (SSSR count). The molecule has 0 aliphatic heterocycles. The summed E-state index contributed by atoms with van der Waals surface area (Å²) in [6.07, 6.45) is -3.71. The lowest BCUT2D eigenvalue weighted by atomic mass is 10.1. The lowest BCUT2D eigenvalue weighted by Crippen LogP contribution is -2.30. The van der Waals surface area contributed by atoms with Crippen molar-refractivity contribution in [1.82, 2.24) is 0 Å². The number of benzene rings is 1. The summed E-state index contributed by atoms with van der Waals surface area (Å²) in [4.78, 5) is 0. The summed E-state index contributed by atoms with van der Waals surface area (Å²) in [5.41, 5.74) is 5.61. The highest BCUT2D eigenvalue weighted by molar-refractivity contribution is 5.36. The Morgan fingerprint density at radius 1 is 1.50 bits per heavy atom. The molecule has 3 nitrogen and oxygen atoms in total. The van der Waals surface area contributed by atoms with E-state index in [1.165, 1.54) is 6.92 Å². The van der Waals surface area contributed by atoms with Crippen LogP contribution in [0.1, 0.15) is 18.5 Å². The van der Waals surface area contributed by atoms with Crippen LogP contribution >= 0.6 is 0 Å². The fraction of sp³-hybridized carbons (Fsp3) is 0.400. The highest BCUT2D eigenvalue weighted by Crippen LogP contribution is 2.29. The standard InChI is InChI=1S/C10H12F3NO2/c1-6(14)8-4-7(11)2-3-9(8)16-10(12,13)5-15/h2-4,6,15H,5,14H2,1H3/t6-/m1/s1. The molecule has 1 aromatic carbocycles. The Kier molecular flexibility index (Phi) is 3.77. The van der Waals surface area contributed by atoms with Crippen molar-refractivity contribution >= 4 is 0 Å². The minimum absolute atomic E-state index is 0.119. The van der Waals surface area contributed by atoms with Gasteiger partial charge in [0.05, 0.1) is 0 Å². The average Bonchev–Trinajstić information content (AvgIpc) is 2.20. The molecule has 0 fully saturated rings. The molecule has 0 heterocycles. The Balaban J connectivity index is 3.04. The number of alkyl halides is 2. The molecule has 0 radical (unpaired) electrons. The van der Waals surface area contributed by atoms with Crippen LogP contribution in [0.4, 0.5) is 13.2 Å². The number of rotatable bonds is 4. The highest BCUT2D eigenvalue weighted by atomic mass is 19.3. The van der Waals surface area contributed by atoms with E-state index in [0.717, 1.165) is 18.2 Å². The van der Waals surface area contributed by atoms with Crippen molar-refractivity contribution in [3.8, 4) is 5.75 Å². The summed E-state index contributed by atoms with van der Waals surface area (Å²) in [5, 5.41) is 8.36. The molecule has 3 N–H and O–H groups in total. The summed E-state index contributed by atoms with van der Waals surface area (Å²) in [6, 6.07) is 2.40. The first kappa shape index (κ1) is 12.8. The molecule has 0 amide bonds. The monoisotopic (exact) mass is 235 g/mol. The van der Waals surface area contributed by atoms with E-state index in [9.17, 15) is 13.2 Å². The summed E-state index contributed by atoms with van der Waals surface area (Å²) < 4.78 is 42.7. The lowest BCUT2D eigenvalue weighted by Gasteiger charge is -2.19. The molecule has 1 atom stereocenters. The topological polar surface area (TPSA) is 55.5 Å². The van der Waals surface area contributed by atoms with Crippen LogP contribution in [-0.4, -0.2) is 17.8 Å². The van der Waals surface area contributed by atoms with Crippen LogP contribution in [0.25, 0.3) is 0 Å². The Labute approximate surface area is 90.6 Å². The zero-order chi connectivity index (χ0) is 12.3. The van der Waals surface area contributed by atoms with Crippen LogP contribution in [0.3, 0.4) is 0 Å². The minimum atomic E-state index is -3.71. The van der Waals surface area contributed by atoms with E-state index >= 15 is 0 Å². The van der Waals surface area contributed by atoms with Crippen LogP contribution in [0, 0.1) is 5.82 Å². The Hall–Kier alpha value is -1.27. The van der Waals surface area contributed by atoms with Crippen molar-refractivity contribution in [2.75, 3.05) is 6.61 Å². The predicted octanol–water partition coefficient (Wildman–Crippen LogP) is 1.81. The SMILES string of the molecule is C[C@@H](N)c1cc(F)ccc1OC(F)(F)CO. The minimum Gasteiger partial charge on any atom is -0.431 e. The van der Waals surface area contributed by atoms with Gasteiger partial charge in [-0.05, 0) is 25.1 Å². The van der Waals surface area contributed by atoms with E-state index in [2.05, 4.69) is 4.74 Å². The number of nitrogens with two attached hydrogens (primary N) is 1. The number of ether oxygens (including phenoxy) is 1. The number of aliphatic hydroxyl groups excluding tert-OH is 1. The second-order valence-corrected chi connectivity index (χ2v) is 3.37. The van der Waals surface area contributed by atoms with Crippen LogP contribution < -0.4 is 10.5 Å². The van der Waals surface area contributed by atoms with Gasteiger partial charge in [-0.1, -0.05) is 0 Å². The van der Waals surface area contributed by atoms with E-state index in [0.29, 0.717) is 0 Å². The molecule has 0 aliphatic carbocycles. The summed E-state index contributed by atoms with van der Waals surface area (Å²) in [7, 11) is 0. The Bertz CT molecular complexity index is 369. The van der Waals surface area contributed by atoms with Crippen LogP contribution in [0.5, 0.6) is 5.75 Å². The van der Waals surface area contributed by atoms with Gasteiger partial charge in [0.15, 0.2) is 0 Å². The molecule has 0 spiro atoms. The molecule has 0 aliphatic rings. The second kappa shape index (κ2) is 4.71. The van der Waals surface area contributed by atoms with E-state index in [1.54, 1.807) is 0 Å². The average molecular weight is 235 g/mol. The quantitative estimate of drug-likeness (QED) is 0.836. The van der Waals surface area contributed by atoms with Gasteiger partial charge in [-0.15, -0.1) is 0 Å². The van der Waals surface area contributed by atoms with Crippen molar-refractivity contribution in [2.24, 2.45) is 5.73 Å². The first-order valence-corrected chi connectivity index (χ1v) is 4.58. The first-order chi connectivity index (χ1) is 7.35. The summed E-state index contributed by atoms with van der Waals surface area (Å²) in [6.45, 7) is 0.0570. The third-order valence-electron chi connectivity index (χ3n) is 1.91. The van der Waals surface area contributed by atoms with Gasteiger partial charge in [-0.2, -0.15) is 8.78 Å². The molecule has 1 aromatic rings. The van der Waals surface area contributed by atoms with Crippen LogP contribution in [0.2, 0.25) is 0 Å². The highest BCUT2D eigenvalue weighted by Gasteiger charge is 2.31. The van der Waals surface area contributed by atoms with Gasteiger partial charge in [0.2, 0.25) is 0 Å². The van der Waals surface area contributed by atoms with Gasteiger partial charge in [-0.25, -0.2) is 4.39 Å². The van der Waals surface area contributed by atoms with Crippen LogP contribution in [0.15, 0.2) is 18.2 Å². The van der Waals surface area contributed by atoms with Crippen molar-refractivity contribution in [3.05, 3.63) is 29.6 Å². The van der Waals surface area contributed by atoms with E-state index in [1.807, 2.05) is 0 Å². The maximum Gasteiger partial charge on any atom is 0.421 e. The van der Waals surface area contributed by atoms with Gasteiger partial charge in [0.25, 0.3) is 0 Å². The molecule has 90 valence electrons. The van der Waals surface area contributed by atoms with Gasteiger partial charge in [0.1, 0.15) is 18.2 Å². The molecule has 16 heavy (non-hydrogen) atoms. The molecule has 0 saturated heterocycles. The van der Waals surface area contributed by atoms with Crippen molar-refractivity contribution < 1.29 is 23.0 Å². The van der Waals surface area contributed by atoms with E-state index in [-0.39, 0.29) is 11.3 Å². The van der Waals surface area contributed by atoms with E-state index in [4.69, 9.17) is 10.8 Å². The molecular weight excluding hydrogens is 223 g/mol. The third-order valence-corrected chi connectivity index (χ3v) is 1.91. The molecule has 0 aromatic heterocycles. The molecule has 0 bridgehead atoms. The van der Waals surface area contributed by atoms with Crippen molar-refractivity contribution in [1.29, 1.82) is 0 Å². The van der Waals surface area contributed by atoms with Crippen molar-refractivity contribution in [2.45, 2.75) is 19.1 Å². The van der Waals surface area contributed by atoms with Gasteiger partial charge in [-0.3, -0.25) is 0 Å². The van der Waals surface area contributed by atoms with Gasteiger partial charge in [0, 0.05) is 11.6 Å². The first-order valence-electron chi connectivity index (χ1n) is 4.58. The van der Waals surface area contributed by atoms with Crippen LogP contribution in [-0.2, 0) is 0 Å². The number of halogens is 3. The fourth-order valence-electron chi connectivity index (χ4n) is 1.16. The largest absolute Gasteiger partial charge is 0.431 e. The second-order valence-electron chi connectivity index (χ2n) is 3.37. The number of hydrogen-bond donors (Lipinski definition) is 2. The molecule has 0 unspecified atom stereocenters. The predicted molar refractivity (Wildman–Crippen MR) is 51.7 cm³/mol. The fourth-order valence-corrected chi connectivity index (χ4v) is 1.16. The normalized spacial score (nSPS) is 13.6. The Morgan fingerprint density at radius 3 is 2.62 bits per heavy atom. The molecular formula is C10H12F3NO2. The maximum atomic E-state index is 12.9. The number of hydrogen-bond acceptors (Lipinski definition) is 3. The van der Waals surface area contributed by atoms with Gasteiger partial charge < -0.3 is 15.6 Å². The summed E-state index contributed by atoms with van der Waals surface area (Å²) in [5.74, 6) is -0.831. The third kappa shape index (κ3) is 3.11. The number of aliphatic hydroxyl groups is 1. The van der Waals surface area contributed by atoms with Gasteiger partial charge >= 0.3 is 6.11 Å². The van der Waals surface area contributed by atoms with Crippen molar-refractivity contribution in [3.63, 3.8) is 0 Å².